The number of para-hydroxylation sites is 1. The molecule has 2 heterocycles. The lowest BCUT2D eigenvalue weighted by atomic mass is 9.99. The summed E-state index contributed by atoms with van der Waals surface area (Å²) in [5.41, 5.74) is 3.94. The SMILES string of the molecule is CN1CCN(c2ccccc2C=C2CCCN(c3ccc(Cl)c(Cl)c3)C2=O)CC1. The number of anilines is 2. The van der Waals surface area contributed by atoms with Crippen LogP contribution in [0.2, 0.25) is 10.0 Å². The molecular weight excluding hydrogens is 405 g/mol. The topological polar surface area (TPSA) is 26.8 Å². The van der Waals surface area contributed by atoms with Gasteiger partial charge in [-0.05, 0) is 55.8 Å². The average molecular weight is 430 g/mol. The molecule has 1 amide bonds. The molecule has 0 radical (unpaired) electrons. The molecule has 2 aliphatic heterocycles. The van der Waals surface area contributed by atoms with E-state index in [4.69, 9.17) is 23.2 Å². The molecule has 0 bridgehead atoms. The Morgan fingerprint density at radius 3 is 2.45 bits per heavy atom. The van der Waals surface area contributed by atoms with Crippen LogP contribution in [0.5, 0.6) is 0 Å². The van der Waals surface area contributed by atoms with Crippen LogP contribution in [0, 0.1) is 0 Å². The van der Waals surface area contributed by atoms with Gasteiger partial charge in [0.2, 0.25) is 0 Å². The van der Waals surface area contributed by atoms with E-state index in [1.807, 2.05) is 12.1 Å². The number of nitrogens with zero attached hydrogens (tertiary/aromatic N) is 3. The zero-order chi connectivity index (χ0) is 20.4. The Morgan fingerprint density at radius 1 is 0.931 bits per heavy atom. The Morgan fingerprint density at radius 2 is 1.69 bits per heavy atom. The minimum atomic E-state index is 0.0443. The zero-order valence-corrected chi connectivity index (χ0v) is 18.1. The molecule has 152 valence electrons. The summed E-state index contributed by atoms with van der Waals surface area (Å²) < 4.78 is 0. The van der Waals surface area contributed by atoms with Crippen molar-refractivity contribution in [3.05, 3.63) is 63.6 Å². The van der Waals surface area contributed by atoms with E-state index in [2.05, 4.69) is 41.1 Å². The van der Waals surface area contributed by atoms with E-state index in [9.17, 15) is 4.79 Å². The quantitative estimate of drug-likeness (QED) is 0.645. The van der Waals surface area contributed by atoms with Crippen molar-refractivity contribution in [2.75, 3.05) is 49.6 Å². The minimum Gasteiger partial charge on any atom is -0.368 e. The molecule has 0 N–H and O–H groups in total. The van der Waals surface area contributed by atoms with Crippen molar-refractivity contribution in [1.82, 2.24) is 4.90 Å². The van der Waals surface area contributed by atoms with Crippen molar-refractivity contribution < 1.29 is 4.79 Å². The zero-order valence-electron chi connectivity index (χ0n) is 16.6. The maximum atomic E-state index is 13.2. The van der Waals surface area contributed by atoms with E-state index in [-0.39, 0.29) is 5.91 Å². The lowest BCUT2D eigenvalue weighted by Gasteiger charge is -2.35. The van der Waals surface area contributed by atoms with Gasteiger partial charge >= 0.3 is 0 Å². The Bertz CT molecular complexity index is 935. The monoisotopic (exact) mass is 429 g/mol. The van der Waals surface area contributed by atoms with Crippen molar-refractivity contribution in [3.8, 4) is 0 Å². The summed E-state index contributed by atoms with van der Waals surface area (Å²) in [6.07, 6.45) is 3.78. The maximum absolute atomic E-state index is 13.2. The van der Waals surface area contributed by atoms with Gasteiger partial charge < -0.3 is 14.7 Å². The molecule has 0 spiro atoms. The second-order valence-electron chi connectivity index (χ2n) is 7.68. The largest absolute Gasteiger partial charge is 0.368 e. The molecular formula is C23H25Cl2N3O. The molecule has 0 aliphatic carbocycles. The van der Waals surface area contributed by atoms with Crippen LogP contribution in [0.4, 0.5) is 11.4 Å². The third kappa shape index (κ3) is 4.45. The number of amides is 1. The van der Waals surface area contributed by atoms with Crippen LogP contribution in [-0.2, 0) is 4.79 Å². The molecule has 4 nitrogen and oxygen atoms in total. The fraction of sp³-hybridized carbons (Fsp3) is 0.348. The van der Waals surface area contributed by atoms with E-state index in [0.29, 0.717) is 16.6 Å². The third-order valence-electron chi connectivity index (χ3n) is 5.67. The normalized spacial score (nSPS) is 19.8. The number of likely N-dealkylation sites (N-methyl/N-ethyl adjacent to an activating group) is 1. The number of hydrogen-bond donors (Lipinski definition) is 0. The van der Waals surface area contributed by atoms with Gasteiger partial charge in [0, 0.05) is 49.7 Å². The first-order chi connectivity index (χ1) is 14.0. The molecule has 2 fully saturated rings. The van der Waals surface area contributed by atoms with Crippen molar-refractivity contribution in [2.45, 2.75) is 12.8 Å². The summed E-state index contributed by atoms with van der Waals surface area (Å²) in [6, 6.07) is 13.7. The first kappa shape index (κ1) is 20.3. The van der Waals surface area contributed by atoms with E-state index >= 15 is 0 Å². The molecule has 2 aromatic rings. The predicted octanol–water partition coefficient (Wildman–Crippen LogP) is 4.96. The van der Waals surface area contributed by atoms with Gasteiger partial charge in [-0.15, -0.1) is 0 Å². The minimum absolute atomic E-state index is 0.0443. The molecule has 4 rings (SSSR count). The molecule has 2 aliphatic rings. The number of carbonyl (C=O) groups is 1. The number of carbonyl (C=O) groups excluding carboxylic acids is 1. The number of piperazine rings is 1. The van der Waals surface area contributed by atoms with Crippen molar-refractivity contribution in [2.24, 2.45) is 0 Å². The molecule has 2 saturated heterocycles. The second-order valence-corrected chi connectivity index (χ2v) is 8.49. The summed E-state index contributed by atoms with van der Waals surface area (Å²) in [5, 5.41) is 0.963. The molecule has 29 heavy (non-hydrogen) atoms. The fourth-order valence-electron chi connectivity index (χ4n) is 3.98. The second kappa shape index (κ2) is 8.78. The fourth-order valence-corrected chi connectivity index (χ4v) is 4.27. The van der Waals surface area contributed by atoms with Gasteiger partial charge in [-0.25, -0.2) is 0 Å². The molecule has 0 unspecified atom stereocenters. The lowest BCUT2D eigenvalue weighted by Crippen LogP contribution is -2.44. The van der Waals surface area contributed by atoms with E-state index in [1.54, 1.807) is 17.0 Å². The van der Waals surface area contributed by atoms with E-state index in [0.717, 1.165) is 55.8 Å². The van der Waals surface area contributed by atoms with Gasteiger partial charge in [-0.1, -0.05) is 41.4 Å². The highest BCUT2D eigenvalue weighted by atomic mass is 35.5. The van der Waals surface area contributed by atoms with Crippen LogP contribution in [0.3, 0.4) is 0 Å². The van der Waals surface area contributed by atoms with Gasteiger partial charge in [0.15, 0.2) is 0 Å². The van der Waals surface area contributed by atoms with Crippen LogP contribution in [-0.4, -0.2) is 50.6 Å². The number of halogens is 2. The smallest absolute Gasteiger partial charge is 0.254 e. The molecule has 2 aromatic carbocycles. The predicted molar refractivity (Wildman–Crippen MR) is 122 cm³/mol. The van der Waals surface area contributed by atoms with Crippen molar-refractivity contribution in [1.29, 1.82) is 0 Å². The van der Waals surface area contributed by atoms with Crippen molar-refractivity contribution >= 4 is 46.6 Å². The highest BCUT2D eigenvalue weighted by molar-refractivity contribution is 6.42. The lowest BCUT2D eigenvalue weighted by molar-refractivity contribution is -0.115. The highest BCUT2D eigenvalue weighted by Gasteiger charge is 2.25. The van der Waals surface area contributed by atoms with Gasteiger partial charge in [0.1, 0.15) is 0 Å². The molecule has 0 saturated carbocycles. The van der Waals surface area contributed by atoms with Crippen LogP contribution in [0.1, 0.15) is 18.4 Å². The summed E-state index contributed by atoms with van der Waals surface area (Å²) >= 11 is 12.2. The van der Waals surface area contributed by atoms with Gasteiger partial charge in [0.05, 0.1) is 10.0 Å². The van der Waals surface area contributed by atoms with Gasteiger partial charge in [0.25, 0.3) is 5.91 Å². The van der Waals surface area contributed by atoms with E-state index < -0.39 is 0 Å². The Hall–Kier alpha value is -2.01. The third-order valence-corrected chi connectivity index (χ3v) is 6.41. The first-order valence-electron chi connectivity index (χ1n) is 10.0. The maximum Gasteiger partial charge on any atom is 0.254 e. The average Bonchev–Trinajstić information content (AvgIpc) is 2.73. The first-order valence-corrected chi connectivity index (χ1v) is 10.8. The van der Waals surface area contributed by atoms with Gasteiger partial charge in [-0.2, -0.15) is 0 Å². The summed E-state index contributed by atoms with van der Waals surface area (Å²) in [5.74, 6) is 0.0443. The molecule has 0 atom stereocenters. The Labute approximate surface area is 182 Å². The number of hydrogen-bond acceptors (Lipinski definition) is 3. The Kier molecular flexibility index (Phi) is 6.14. The van der Waals surface area contributed by atoms with E-state index in [1.165, 1.54) is 5.69 Å². The number of benzene rings is 2. The van der Waals surface area contributed by atoms with Crippen LogP contribution >= 0.6 is 23.2 Å². The molecule has 0 aromatic heterocycles. The van der Waals surface area contributed by atoms with Crippen LogP contribution < -0.4 is 9.80 Å². The highest BCUT2D eigenvalue weighted by Crippen LogP contribution is 2.32. The summed E-state index contributed by atoms with van der Waals surface area (Å²) in [4.78, 5) is 19.8. The van der Waals surface area contributed by atoms with Crippen LogP contribution in [0.25, 0.3) is 6.08 Å². The van der Waals surface area contributed by atoms with Crippen molar-refractivity contribution in [3.63, 3.8) is 0 Å². The summed E-state index contributed by atoms with van der Waals surface area (Å²) in [6.45, 7) is 4.79. The number of piperidine rings is 1. The standard InChI is InChI=1S/C23H25Cl2N3O/c1-26-11-13-27(14-12-26)22-7-3-2-5-17(22)15-18-6-4-10-28(23(18)29)19-8-9-20(24)21(25)16-19/h2-3,5,7-9,15-16H,4,6,10-14H2,1H3. The molecule has 6 heteroatoms. The summed E-state index contributed by atoms with van der Waals surface area (Å²) in [7, 11) is 2.16. The number of rotatable bonds is 3. The van der Waals surface area contributed by atoms with Gasteiger partial charge in [-0.3, -0.25) is 4.79 Å². The Balaban J connectivity index is 1.61. The van der Waals surface area contributed by atoms with Crippen LogP contribution in [0.15, 0.2) is 48.0 Å².